The molecule has 110 valence electrons. The molecule has 0 aliphatic carbocycles. The summed E-state index contributed by atoms with van der Waals surface area (Å²) in [5, 5.41) is 14.1. The lowest BCUT2D eigenvalue weighted by atomic mass is 10.2. The van der Waals surface area contributed by atoms with Crippen molar-refractivity contribution in [3.05, 3.63) is 47.9 Å². The lowest BCUT2D eigenvalue weighted by molar-refractivity contribution is 0.0697. The summed E-state index contributed by atoms with van der Waals surface area (Å²) in [5.74, 6) is -0.110. The number of anilines is 1. The van der Waals surface area contributed by atoms with Crippen LogP contribution in [0.2, 0.25) is 0 Å². The first-order chi connectivity index (χ1) is 10.1. The first-order valence-corrected chi connectivity index (χ1v) is 6.08. The molecule has 0 aliphatic rings. The van der Waals surface area contributed by atoms with E-state index >= 15 is 0 Å². The largest absolute Gasteiger partial charge is 0.495 e. The van der Waals surface area contributed by atoms with Gasteiger partial charge in [0.15, 0.2) is 0 Å². The van der Waals surface area contributed by atoms with Gasteiger partial charge in [-0.05, 0) is 30.3 Å². The molecule has 3 N–H and O–H groups in total. The van der Waals surface area contributed by atoms with Crippen molar-refractivity contribution in [1.82, 2.24) is 5.32 Å². The number of methoxy groups -OCH3 is 1. The van der Waals surface area contributed by atoms with Gasteiger partial charge < -0.3 is 24.9 Å². The van der Waals surface area contributed by atoms with Crippen molar-refractivity contribution in [2.75, 3.05) is 12.4 Å². The molecule has 7 heteroatoms. The maximum absolute atomic E-state index is 11.8. The first kappa shape index (κ1) is 14.4. The Morgan fingerprint density at radius 3 is 2.76 bits per heavy atom. The standard InChI is InChI=1S/C14H14N2O5/c1-20-12-5-4-9(13(17)18)7-11(12)16-14(19)15-8-10-3-2-6-21-10/h2-7H,8H2,1H3,(H,17,18)(H2,15,16,19). The molecule has 21 heavy (non-hydrogen) atoms. The number of rotatable bonds is 5. The SMILES string of the molecule is COc1ccc(C(=O)O)cc1NC(=O)NCc1ccco1. The van der Waals surface area contributed by atoms with Crippen molar-refractivity contribution in [2.24, 2.45) is 0 Å². The number of amides is 2. The van der Waals surface area contributed by atoms with E-state index in [0.717, 1.165) is 0 Å². The Labute approximate surface area is 120 Å². The van der Waals surface area contributed by atoms with Gasteiger partial charge in [0, 0.05) is 0 Å². The normalized spacial score (nSPS) is 9.95. The highest BCUT2D eigenvalue weighted by atomic mass is 16.5. The summed E-state index contributed by atoms with van der Waals surface area (Å²) >= 11 is 0. The van der Waals surface area contributed by atoms with Crippen LogP contribution in [0.5, 0.6) is 5.75 Å². The van der Waals surface area contributed by atoms with Crippen molar-refractivity contribution >= 4 is 17.7 Å². The molecule has 1 aromatic carbocycles. The third-order valence-corrected chi connectivity index (χ3v) is 2.70. The number of hydrogen-bond donors (Lipinski definition) is 3. The number of benzene rings is 1. The maximum atomic E-state index is 11.8. The van der Waals surface area contributed by atoms with E-state index in [1.54, 1.807) is 12.1 Å². The van der Waals surface area contributed by atoms with Gasteiger partial charge in [-0.15, -0.1) is 0 Å². The number of carboxylic acid groups (broad SMARTS) is 1. The third kappa shape index (κ3) is 3.75. The van der Waals surface area contributed by atoms with Gasteiger partial charge in [0.25, 0.3) is 0 Å². The van der Waals surface area contributed by atoms with E-state index in [4.69, 9.17) is 14.3 Å². The molecule has 0 spiro atoms. The van der Waals surface area contributed by atoms with E-state index in [-0.39, 0.29) is 17.8 Å². The molecule has 0 unspecified atom stereocenters. The summed E-state index contributed by atoms with van der Waals surface area (Å²) in [6.45, 7) is 0.222. The number of carboxylic acids is 1. The molecular formula is C14H14N2O5. The summed E-state index contributed by atoms with van der Waals surface area (Å²) in [4.78, 5) is 22.7. The van der Waals surface area contributed by atoms with E-state index < -0.39 is 12.0 Å². The number of furan rings is 1. The average molecular weight is 290 g/mol. The predicted molar refractivity (Wildman–Crippen MR) is 74.5 cm³/mol. The Balaban J connectivity index is 2.04. The van der Waals surface area contributed by atoms with Gasteiger partial charge in [-0.3, -0.25) is 0 Å². The molecule has 2 amide bonds. The van der Waals surface area contributed by atoms with Gasteiger partial charge in [-0.25, -0.2) is 9.59 Å². The highest BCUT2D eigenvalue weighted by Crippen LogP contribution is 2.25. The third-order valence-electron chi connectivity index (χ3n) is 2.70. The molecule has 1 aromatic heterocycles. The van der Waals surface area contributed by atoms with Crippen molar-refractivity contribution in [2.45, 2.75) is 6.54 Å². The molecule has 2 aromatic rings. The van der Waals surface area contributed by atoms with E-state index in [1.807, 2.05) is 0 Å². The lowest BCUT2D eigenvalue weighted by Crippen LogP contribution is -2.28. The topological polar surface area (TPSA) is 101 Å². The van der Waals surface area contributed by atoms with Gasteiger partial charge in [0.2, 0.25) is 0 Å². The number of nitrogens with one attached hydrogen (secondary N) is 2. The number of hydrogen-bond acceptors (Lipinski definition) is 4. The van der Waals surface area contributed by atoms with Crippen LogP contribution < -0.4 is 15.4 Å². The van der Waals surface area contributed by atoms with Gasteiger partial charge in [0.05, 0.1) is 31.2 Å². The zero-order valence-electron chi connectivity index (χ0n) is 11.3. The molecule has 0 atom stereocenters. The van der Waals surface area contributed by atoms with Crippen molar-refractivity contribution in [3.8, 4) is 5.75 Å². The molecule has 0 saturated carbocycles. The molecule has 0 radical (unpaired) electrons. The Kier molecular flexibility index (Phi) is 4.45. The van der Waals surface area contributed by atoms with Crippen LogP contribution in [0.3, 0.4) is 0 Å². The van der Waals surface area contributed by atoms with Gasteiger partial charge in [-0.1, -0.05) is 0 Å². The van der Waals surface area contributed by atoms with Gasteiger partial charge in [0.1, 0.15) is 11.5 Å². The van der Waals surface area contributed by atoms with Crippen LogP contribution in [0.15, 0.2) is 41.0 Å². The van der Waals surface area contributed by atoms with E-state index in [2.05, 4.69) is 10.6 Å². The molecule has 0 bridgehead atoms. The molecule has 0 saturated heterocycles. The van der Waals surface area contributed by atoms with Crippen molar-refractivity contribution in [1.29, 1.82) is 0 Å². The minimum atomic E-state index is -1.09. The average Bonchev–Trinajstić information content (AvgIpc) is 2.98. The molecule has 1 heterocycles. The van der Waals surface area contributed by atoms with Crippen LogP contribution in [0.25, 0.3) is 0 Å². The second-order valence-corrected chi connectivity index (χ2v) is 4.11. The fourth-order valence-corrected chi connectivity index (χ4v) is 1.69. The fraction of sp³-hybridized carbons (Fsp3) is 0.143. The Bertz CT molecular complexity index is 637. The molecule has 0 aliphatic heterocycles. The van der Waals surface area contributed by atoms with Crippen LogP contribution in [-0.2, 0) is 6.54 Å². The summed E-state index contributed by atoms with van der Waals surface area (Å²) in [5.41, 5.74) is 0.325. The maximum Gasteiger partial charge on any atom is 0.335 e. The summed E-state index contributed by atoms with van der Waals surface area (Å²) in [6.07, 6.45) is 1.51. The lowest BCUT2D eigenvalue weighted by Gasteiger charge is -2.11. The van der Waals surface area contributed by atoms with Crippen LogP contribution in [0.1, 0.15) is 16.1 Å². The van der Waals surface area contributed by atoms with Crippen LogP contribution in [0.4, 0.5) is 10.5 Å². The molecule has 0 fully saturated rings. The first-order valence-electron chi connectivity index (χ1n) is 6.08. The number of carbonyl (C=O) groups is 2. The quantitative estimate of drug-likeness (QED) is 0.784. The molecule has 7 nitrogen and oxygen atoms in total. The highest BCUT2D eigenvalue weighted by Gasteiger charge is 2.11. The summed E-state index contributed by atoms with van der Waals surface area (Å²) in [7, 11) is 1.43. The van der Waals surface area contributed by atoms with E-state index in [0.29, 0.717) is 11.5 Å². The number of aromatic carboxylic acids is 1. The predicted octanol–water partition coefficient (Wildman–Crippen LogP) is 2.31. The minimum absolute atomic E-state index is 0.0529. The van der Waals surface area contributed by atoms with Crippen LogP contribution in [-0.4, -0.2) is 24.2 Å². The Morgan fingerprint density at radius 1 is 1.33 bits per heavy atom. The van der Waals surface area contributed by atoms with Gasteiger partial charge >= 0.3 is 12.0 Å². The van der Waals surface area contributed by atoms with Crippen molar-refractivity contribution in [3.63, 3.8) is 0 Å². The number of urea groups is 1. The second kappa shape index (κ2) is 6.47. The zero-order chi connectivity index (χ0) is 15.2. The van der Waals surface area contributed by atoms with E-state index in [9.17, 15) is 9.59 Å². The molecule has 2 rings (SSSR count). The van der Waals surface area contributed by atoms with Crippen molar-refractivity contribution < 1.29 is 23.8 Å². The smallest absolute Gasteiger partial charge is 0.335 e. The van der Waals surface area contributed by atoms with E-state index in [1.165, 1.54) is 31.6 Å². The monoisotopic (exact) mass is 290 g/mol. The highest BCUT2D eigenvalue weighted by molar-refractivity contribution is 5.94. The zero-order valence-corrected chi connectivity index (χ0v) is 11.3. The summed E-state index contributed by atoms with van der Waals surface area (Å²) < 4.78 is 10.2. The summed E-state index contributed by atoms with van der Waals surface area (Å²) in [6, 6.07) is 7.15. The van der Waals surface area contributed by atoms with Gasteiger partial charge in [-0.2, -0.15) is 0 Å². The number of ether oxygens (including phenoxy) is 1. The minimum Gasteiger partial charge on any atom is -0.495 e. The number of carbonyl (C=O) groups excluding carboxylic acids is 1. The Morgan fingerprint density at radius 2 is 2.14 bits per heavy atom. The second-order valence-electron chi connectivity index (χ2n) is 4.11. The Hall–Kier alpha value is -2.96. The molecular weight excluding hydrogens is 276 g/mol. The van der Waals surface area contributed by atoms with Crippen LogP contribution >= 0.6 is 0 Å². The van der Waals surface area contributed by atoms with Crippen LogP contribution in [0, 0.1) is 0 Å². The fourth-order valence-electron chi connectivity index (χ4n) is 1.69.